The second-order valence-corrected chi connectivity index (χ2v) is 4.56. The Hall–Kier alpha value is -1.30. The molecule has 5 nitrogen and oxygen atoms in total. The van der Waals surface area contributed by atoms with E-state index < -0.39 is 0 Å². The SMILES string of the molecule is COc1ccc(C2CN(CCN)CCO2)cc1OC. The van der Waals surface area contributed by atoms with Gasteiger partial charge in [-0.3, -0.25) is 4.90 Å². The van der Waals surface area contributed by atoms with Crippen LogP contribution in [0.3, 0.4) is 0 Å². The Morgan fingerprint density at radius 3 is 2.79 bits per heavy atom. The van der Waals surface area contributed by atoms with Crippen LogP contribution in [0.15, 0.2) is 18.2 Å². The summed E-state index contributed by atoms with van der Waals surface area (Å²) < 4.78 is 16.4. The molecule has 0 bridgehead atoms. The van der Waals surface area contributed by atoms with E-state index in [0.29, 0.717) is 6.54 Å². The van der Waals surface area contributed by atoms with Crippen LogP contribution in [-0.2, 0) is 4.74 Å². The van der Waals surface area contributed by atoms with Crippen molar-refractivity contribution in [3.63, 3.8) is 0 Å². The third-order valence-corrected chi connectivity index (χ3v) is 3.38. The van der Waals surface area contributed by atoms with Gasteiger partial charge in [0, 0.05) is 26.2 Å². The summed E-state index contributed by atoms with van der Waals surface area (Å²) in [6, 6.07) is 5.92. The summed E-state index contributed by atoms with van der Waals surface area (Å²) in [6.07, 6.45) is 0.0695. The molecule has 0 aromatic heterocycles. The van der Waals surface area contributed by atoms with Crippen molar-refractivity contribution >= 4 is 0 Å². The van der Waals surface area contributed by atoms with Crippen molar-refractivity contribution in [3.05, 3.63) is 23.8 Å². The molecule has 1 heterocycles. The predicted octanol–water partition coefficient (Wildman–Crippen LogP) is 1.04. The van der Waals surface area contributed by atoms with Gasteiger partial charge in [-0.05, 0) is 17.7 Å². The molecular weight excluding hydrogens is 244 g/mol. The van der Waals surface area contributed by atoms with Crippen molar-refractivity contribution in [2.24, 2.45) is 5.73 Å². The highest BCUT2D eigenvalue weighted by Gasteiger charge is 2.22. The van der Waals surface area contributed by atoms with Gasteiger partial charge < -0.3 is 19.9 Å². The summed E-state index contributed by atoms with van der Waals surface area (Å²) in [5.74, 6) is 1.47. The van der Waals surface area contributed by atoms with Crippen LogP contribution < -0.4 is 15.2 Å². The molecule has 106 valence electrons. The van der Waals surface area contributed by atoms with E-state index in [-0.39, 0.29) is 6.10 Å². The molecule has 0 spiro atoms. The minimum Gasteiger partial charge on any atom is -0.493 e. The van der Waals surface area contributed by atoms with Gasteiger partial charge in [0.25, 0.3) is 0 Å². The van der Waals surface area contributed by atoms with Gasteiger partial charge >= 0.3 is 0 Å². The third kappa shape index (κ3) is 3.37. The molecule has 2 rings (SSSR count). The van der Waals surface area contributed by atoms with Gasteiger partial charge in [0.2, 0.25) is 0 Å². The minimum absolute atomic E-state index is 0.0695. The maximum Gasteiger partial charge on any atom is 0.161 e. The summed E-state index contributed by atoms with van der Waals surface area (Å²) in [4.78, 5) is 2.32. The van der Waals surface area contributed by atoms with E-state index in [1.54, 1.807) is 14.2 Å². The second kappa shape index (κ2) is 6.75. The number of morpholine rings is 1. The van der Waals surface area contributed by atoms with E-state index in [1.807, 2.05) is 18.2 Å². The lowest BCUT2D eigenvalue weighted by atomic mass is 10.1. The molecule has 1 unspecified atom stereocenters. The minimum atomic E-state index is 0.0695. The quantitative estimate of drug-likeness (QED) is 0.863. The maximum absolute atomic E-state index is 5.83. The van der Waals surface area contributed by atoms with Crippen molar-refractivity contribution in [1.29, 1.82) is 0 Å². The molecule has 1 saturated heterocycles. The van der Waals surface area contributed by atoms with Gasteiger partial charge in [-0.1, -0.05) is 6.07 Å². The first-order valence-electron chi connectivity index (χ1n) is 6.54. The number of ether oxygens (including phenoxy) is 3. The summed E-state index contributed by atoms with van der Waals surface area (Å²) in [7, 11) is 3.28. The molecule has 0 amide bonds. The molecule has 0 aliphatic carbocycles. The highest BCUT2D eigenvalue weighted by atomic mass is 16.5. The second-order valence-electron chi connectivity index (χ2n) is 4.56. The number of benzene rings is 1. The fourth-order valence-electron chi connectivity index (χ4n) is 2.34. The molecule has 1 aromatic rings. The Morgan fingerprint density at radius 1 is 1.32 bits per heavy atom. The molecule has 2 N–H and O–H groups in total. The van der Waals surface area contributed by atoms with Gasteiger partial charge in [0.15, 0.2) is 11.5 Å². The monoisotopic (exact) mass is 266 g/mol. The first-order valence-corrected chi connectivity index (χ1v) is 6.54. The molecule has 0 radical (unpaired) electrons. The van der Waals surface area contributed by atoms with Crippen molar-refractivity contribution in [3.8, 4) is 11.5 Å². The maximum atomic E-state index is 5.83. The lowest BCUT2D eigenvalue weighted by Gasteiger charge is -2.33. The average molecular weight is 266 g/mol. The number of nitrogens with two attached hydrogens (primary N) is 1. The Morgan fingerprint density at radius 2 is 2.11 bits per heavy atom. The molecule has 1 aliphatic rings. The zero-order chi connectivity index (χ0) is 13.7. The van der Waals surface area contributed by atoms with Crippen LogP contribution in [0.25, 0.3) is 0 Å². The van der Waals surface area contributed by atoms with Crippen molar-refractivity contribution < 1.29 is 14.2 Å². The smallest absolute Gasteiger partial charge is 0.161 e. The summed E-state index contributed by atoms with van der Waals surface area (Å²) in [5.41, 5.74) is 6.72. The van der Waals surface area contributed by atoms with E-state index in [4.69, 9.17) is 19.9 Å². The Balaban J connectivity index is 2.12. The number of methoxy groups -OCH3 is 2. The first-order chi connectivity index (χ1) is 9.28. The topological polar surface area (TPSA) is 57.0 Å². The molecule has 1 aromatic carbocycles. The molecule has 1 atom stereocenters. The molecule has 19 heavy (non-hydrogen) atoms. The van der Waals surface area contributed by atoms with Crippen molar-refractivity contribution in [1.82, 2.24) is 4.90 Å². The van der Waals surface area contributed by atoms with Gasteiger partial charge in [-0.25, -0.2) is 0 Å². The van der Waals surface area contributed by atoms with Crippen LogP contribution in [0.5, 0.6) is 11.5 Å². The van der Waals surface area contributed by atoms with Crippen LogP contribution in [0.4, 0.5) is 0 Å². The van der Waals surface area contributed by atoms with Gasteiger partial charge in [0.05, 0.1) is 26.9 Å². The Kier molecular flexibility index (Phi) is 5.01. The van der Waals surface area contributed by atoms with Gasteiger partial charge in [-0.2, -0.15) is 0 Å². The van der Waals surface area contributed by atoms with E-state index in [1.165, 1.54) is 0 Å². The highest BCUT2D eigenvalue weighted by molar-refractivity contribution is 5.43. The van der Waals surface area contributed by atoms with E-state index in [0.717, 1.165) is 43.3 Å². The van der Waals surface area contributed by atoms with E-state index in [9.17, 15) is 0 Å². The zero-order valence-corrected chi connectivity index (χ0v) is 11.6. The van der Waals surface area contributed by atoms with Crippen molar-refractivity contribution in [2.45, 2.75) is 6.10 Å². The number of hydrogen-bond donors (Lipinski definition) is 1. The van der Waals surface area contributed by atoms with Gasteiger partial charge in [-0.15, -0.1) is 0 Å². The lowest BCUT2D eigenvalue weighted by molar-refractivity contribution is -0.0289. The van der Waals surface area contributed by atoms with Crippen LogP contribution in [0.2, 0.25) is 0 Å². The number of nitrogens with zero attached hydrogens (tertiary/aromatic N) is 1. The highest BCUT2D eigenvalue weighted by Crippen LogP contribution is 2.32. The third-order valence-electron chi connectivity index (χ3n) is 3.38. The summed E-state index contributed by atoms with van der Waals surface area (Å²) in [6.45, 7) is 4.14. The fourth-order valence-corrected chi connectivity index (χ4v) is 2.34. The van der Waals surface area contributed by atoms with E-state index in [2.05, 4.69) is 4.90 Å². The fraction of sp³-hybridized carbons (Fsp3) is 0.571. The van der Waals surface area contributed by atoms with E-state index >= 15 is 0 Å². The Labute approximate surface area is 114 Å². The number of hydrogen-bond acceptors (Lipinski definition) is 5. The van der Waals surface area contributed by atoms with Crippen LogP contribution in [-0.4, -0.2) is 51.9 Å². The summed E-state index contributed by atoms with van der Waals surface area (Å²) >= 11 is 0. The standard InChI is InChI=1S/C14H22N2O3/c1-17-12-4-3-11(9-13(12)18-2)14-10-16(6-5-15)7-8-19-14/h3-4,9,14H,5-8,10,15H2,1-2H3. The average Bonchev–Trinajstić information content (AvgIpc) is 2.47. The molecule has 1 aliphatic heterocycles. The molecule has 5 heteroatoms. The van der Waals surface area contributed by atoms with Gasteiger partial charge in [0.1, 0.15) is 0 Å². The zero-order valence-electron chi connectivity index (χ0n) is 11.6. The largest absolute Gasteiger partial charge is 0.493 e. The van der Waals surface area contributed by atoms with Crippen LogP contribution >= 0.6 is 0 Å². The van der Waals surface area contributed by atoms with Crippen LogP contribution in [0.1, 0.15) is 11.7 Å². The molecular formula is C14H22N2O3. The molecule has 1 fully saturated rings. The first kappa shape index (κ1) is 14.1. The number of rotatable bonds is 5. The van der Waals surface area contributed by atoms with Crippen molar-refractivity contribution in [2.75, 3.05) is 47.0 Å². The molecule has 0 saturated carbocycles. The normalized spacial score (nSPS) is 20.3. The Bertz CT molecular complexity index is 410. The summed E-state index contributed by atoms with van der Waals surface area (Å²) in [5, 5.41) is 0. The predicted molar refractivity (Wildman–Crippen MR) is 73.7 cm³/mol. The lowest BCUT2D eigenvalue weighted by Crippen LogP contribution is -2.40. The van der Waals surface area contributed by atoms with Crippen LogP contribution in [0, 0.1) is 0 Å².